The zero-order valence-corrected chi connectivity index (χ0v) is 12.6. The number of nitrogens with zero attached hydrogens (tertiary/aromatic N) is 4. The highest BCUT2D eigenvalue weighted by atomic mass is 15.3. The molecule has 0 radical (unpaired) electrons. The molecule has 3 rings (SSSR count). The molecule has 1 aliphatic rings. The van der Waals surface area contributed by atoms with Crippen LogP contribution in [0.1, 0.15) is 30.4 Å². The third-order valence-corrected chi connectivity index (χ3v) is 3.92. The van der Waals surface area contributed by atoms with Crippen molar-refractivity contribution in [1.82, 2.24) is 15.2 Å². The molecule has 1 fully saturated rings. The molecule has 21 heavy (non-hydrogen) atoms. The van der Waals surface area contributed by atoms with Crippen LogP contribution >= 0.6 is 0 Å². The normalized spacial score (nSPS) is 15.0. The van der Waals surface area contributed by atoms with E-state index >= 15 is 0 Å². The van der Waals surface area contributed by atoms with E-state index in [2.05, 4.69) is 57.4 Å². The zero-order chi connectivity index (χ0) is 14.7. The summed E-state index contributed by atoms with van der Waals surface area (Å²) in [7, 11) is 0. The Morgan fingerprint density at radius 3 is 2.48 bits per heavy atom. The van der Waals surface area contributed by atoms with E-state index in [9.17, 15) is 0 Å². The Bertz CT molecular complexity index is 600. The van der Waals surface area contributed by atoms with Gasteiger partial charge in [0.2, 0.25) is 5.95 Å². The molecule has 0 unspecified atom stereocenters. The largest absolute Gasteiger partial charge is 0.339 e. The van der Waals surface area contributed by atoms with E-state index in [0.717, 1.165) is 30.5 Å². The van der Waals surface area contributed by atoms with Gasteiger partial charge in [-0.25, -0.2) is 0 Å². The van der Waals surface area contributed by atoms with Crippen molar-refractivity contribution >= 4 is 17.5 Å². The summed E-state index contributed by atoms with van der Waals surface area (Å²) in [5.41, 5.74) is 3.50. The summed E-state index contributed by atoms with van der Waals surface area (Å²) in [5.74, 6) is 1.48. The van der Waals surface area contributed by atoms with Gasteiger partial charge >= 0.3 is 0 Å². The summed E-state index contributed by atoms with van der Waals surface area (Å²) < 4.78 is 0. The molecule has 5 heteroatoms. The predicted molar refractivity (Wildman–Crippen MR) is 85.1 cm³/mol. The Kier molecular flexibility index (Phi) is 3.99. The third-order valence-electron chi connectivity index (χ3n) is 3.92. The smallest absolute Gasteiger partial charge is 0.247 e. The van der Waals surface area contributed by atoms with Gasteiger partial charge in [0.15, 0.2) is 5.82 Å². The van der Waals surface area contributed by atoms with Gasteiger partial charge < -0.3 is 10.2 Å². The Balaban J connectivity index is 1.83. The number of anilines is 3. The van der Waals surface area contributed by atoms with E-state index in [4.69, 9.17) is 0 Å². The van der Waals surface area contributed by atoms with Crippen molar-refractivity contribution in [1.29, 1.82) is 0 Å². The topological polar surface area (TPSA) is 53.9 Å². The number of hydrogen-bond donors (Lipinski definition) is 1. The summed E-state index contributed by atoms with van der Waals surface area (Å²) in [4.78, 5) is 6.83. The molecule has 1 aromatic heterocycles. The summed E-state index contributed by atoms with van der Waals surface area (Å²) in [5, 5.41) is 11.7. The Morgan fingerprint density at radius 2 is 1.76 bits per heavy atom. The standard InChI is InChI=1S/C16H21N5/c1-12-7-6-8-13(2)15(12)18-14-11-17-20-16(19-14)21-9-4-3-5-10-21/h6-8,11H,3-5,9-10H2,1-2H3,(H,18,19,20). The molecule has 0 atom stereocenters. The molecule has 1 aromatic carbocycles. The zero-order valence-electron chi connectivity index (χ0n) is 12.6. The SMILES string of the molecule is Cc1cccc(C)c1Nc1cnnc(N2CCCCC2)n1. The fourth-order valence-corrected chi connectivity index (χ4v) is 2.72. The molecular formula is C16H21N5. The molecule has 1 aliphatic heterocycles. The number of rotatable bonds is 3. The van der Waals surface area contributed by atoms with Gasteiger partial charge in [0.1, 0.15) is 0 Å². The van der Waals surface area contributed by atoms with Gasteiger partial charge in [0.25, 0.3) is 0 Å². The maximum atomic E-state index is 4.62. The van der Waals surface area contributed by atoms with Gasteiger partial charge in [-0.2, -0.15) is 10.1 Å². The molecule has 5 nitrogen and oxygen atoms in total. The molecule has 0 saturated carbocycles. The summed E-state index contributed by atoms with van der Waals surface area (Å²) in [6, 6.07) is 6.25. The average molecular weight is 283 g/mol. The highest BCUT2D eigenvalue weighted by Crippen LogP contribution is 2.24. The van der Waals surface area contributed by atoms with Gasteiger partial charge in [0.05, 0.1) is 6.20 Å². The van der Waals surface area contributed by atoms with Crippen molar-refractivity contribution in [2.24, 2.45) is 0 Å². The van der Waals surface area contributed by atoms with Crippen LogP contribution in [0.5, 0.6) is 0 Å². The lowest BCUT2D eigenvalue weighted by Crippen LogP contribution is -2.31. The van der Waals surface area contributed by atoms with Crippen molar-refractivity contribution < 1.29 is 0 Å². The van der Waals surface area contributed by atoms with Crippen LogP contribution in [-0.4, -0.2) is 28.3 Å². The van der Waals surface area contributed by atoms with E-state index in [-0.39, 0.29) is 0 Å². The summed E-state index contributed by atoms with van der Waals surface area (Å²) in [6.45, 7) is 6.23. The van der Waals surface area contributed by atoms with Crippen molar-refractivity contribution in [3.05, 3.63) is 35.5 Å². The number of hydrogen-bond acceptors (Lipinski definition) is 5. The Hall–Kier alpha value is -2.17. The van der Waals surface area contributed by atoms with Crippen molar-refractivity contribution in [2.45, 2.75) is 33.1 Å². The van der Waals surface area contributed by atoms with Crippen LogP contribution in [0.25, 0.3) is 0 Å². The lowest BCUT2D eigenvalue weighted by atomic mass is 10.1. The van der Waals surface area contributed by atoms with Gasteiger partial charge in [-0.1, -0.05) is 18.2 Å². The fraction of sp³-hybridized carbons (Fsp3) is 0.438. The minimum Gasteiger partial charge on any atom is -0.339 e. The van der Waals surface area contributed by atoms with Crippen molar-refractivity contribution in [3.8, 4) is 0 Å². The van der Waals surface area contributed by atoms with Crippen LogP contribution in [0, 0.1) is 13.8 Å². The number of aromatic nitrogens is 3. The van der Waals surface area contributed by atoms with Crippen LogP contribution in [0.4, 0.5) is 17.5 Å². The highest BCUT2D eigenvalue weighted by Gasteiger charge is 2.14. The first-order chi connectivity index (χ1) is 10.2. The van der Waals surface area contributed by atoms with E-state index < -0.39 is 0 Å². The summed E-state index contributed by atoms with van der Waals surface area (Å²) >= 11 is 0. The predicted octanol–water partition coefficient (Wildman–Crippen LogP) is 3.22. The second-order valence-electron chi connectivity index (χ2n) is 5.58. The number of benzene rings is 1. The van der Waals surface area contributed by atoms with E-state index in [1.54, 1.807) is 6.20 Å². The van der Waals surface area contributed by atoms with E-state index in [1.165, 1.54) is 30.4 Å². The molecular weight excluding hydrogens is 262 g/mol. The highest BCUT2D eigenvalue weighted by molar-refractivity contribution is 5.64. The molecule has 1 saturated heterocycles. The molecule has 2 aromatic rings. The van der Waals surface area contributed by atoms with Crippen LogP contribution in [0.15, 0.2) is 24.4 Å². The van der Waals surface area contributed by atoms with Gasteiger partial charge in [-0.15, -0.1) is 5.10 Å². The minimum absolute atomic E-state index is 0.728. The average Bonchev–Trinajstić information content (AvgIpc) is 2.52. The third kappa shape index (κ3) is 3.12. The maximum absolute atomic E-state index is 4.62. The number of para-hydroxylation sites is 1. The van der Waals surface area contributed by atoms with Gasteiger partial charge in [0, 0.05) is 18.8 Å². The molecule has 1 N–H and O–H groups in total. The van der Waals surface area contributed by atoms with Gasteiger partial charge in [-0.3, -0.25) is 0 Å². The quantitative estimate of drug-likeness (QED) is 0.937. The summed E-state index contributed by atoms with van der Waals surface area (Å²) in [6.07, 6.45) is 5.39. The minimum atomic E-state index is 0.728. The first-order valence-electron chi connectivity index (χ1n) is 7.52. The first kappa shape index (κ1) is 13.8. The second kappa shape index (κ2) is 6.08. The van der Waals surface area contributed by atoms with Crippen LogP contribution in [-0.2, 0) is 0 Å². The molecule has 0 amide bonds. The van der Waals surface area contributed by atoms with E-state index in [0.29, 0.717) is 0 Å². The van der Waals surface area contributed by atoms with Crippen LogP contribution in [0.3, 0.4) is 0 Å². The fourth-order valence-electron chi connectivity index (χ4n) is 2.72. The second-order valence-corrected chi connectivity index (χ2v) is 5.58. The monoisotopic (exact) mass is 283 g/mol. The maximum Gasteiger partial charge on any atom is 0.247 e. The molecule has 0 aliphatic carbocycles. The van der Waals surface area contributed by atoms with Crippen LogP contribution in [0.2, 0.25) is 0 Å². The van der Waals surface area contributed by atoms with Crippen LogP contribution < -0.4 is 10.2 Å². The number of piperidine rings is 1. The molecule has 0 bridgehead atoms. The Labute approximate surface area is 125 Å². The molecule has 0 spiro atoms. The first-order valence-corrected chi connectivity index (χ1v) is 7.52. The lowest BCUT2D eigenvalue weighted by Gasteiger charge is -2.26. The van der Waals surface area contributed by atoms with E-state index in [1.807, 2.05) is 0 Å². The Morgan fingerprint density at radius 1 is 1.05 bits per heavy atom. The number of aryl methyl sites for hydroxylation is 2. The number of nitrogens with one attached hydrogen (secondary N) is 1. The lowest BCUT2D eigenvalue weighted by molar-refractivity contribution is 0.565. The molecule has 110 valence electrons. The van der Waals surface area contributed by atoms with Crippen molar-refractivity contribution in [2.75, 3.05) is 23.3 Å². The van der Waals surface area contributed by atoms with Crippen molar-refractivity contribution in [3.63, 3.8) is 0 Å². The van der Waals surface area contributed by atoms with Gasteiger partial charge in [-0.05, 0) is 44.2 Å². The molecule has 2 heterocycles.